The van der Waals surface area contributed by atoms with Crippen LogP contribution in [0, 0.1) is 0 Å². The predicted octanol–water partition coefficient (Wildman–Crippen LogP) is 2.06. The van der Waals surface area contributed by atoms with E-state index < -0.39 is 0 Å². The Morgan fingerprint density at radius 2 is 2.00 bits per heavy atom. The molecule has 94 valence electrons. The SMILES string of the molecule is CCCCN1C(=O)C=C/C1=C/[Se]c1ccccc1. The zero-order valence-electron chi connectivity index (χ0n) is 10.5. The molecule has 0 radical (unpaired) electrons. The first-order chi connectivity index (χ1) is 8.81. The Labute approximate surface area is 115 Å². The Bertz CT molecular complexity index is 465. The van der Waals surface area contributed by atoms with Gasteiger partial charge in [0.05, 0.1) is 0 Å². The van der Waals surface area contributed by atoms with E-state index in [0.717, 1.165) is 25.1 Å². The van der Waals surface area contributed by atoms with Crippen molar-refractivity contribution in [1.82, 2.24) is 4.90 Å². The molecule has 1 aliphatic heterocycles. The Hall–Kier alpha value is -1.31. The van der Waals surface area contributed by atoms with Gasteiger partial charge in [-0.25, -0.2) is 0 Å². The van der Waals surface area contributed by atoms with Crippen LogP contribution in [0.4, 0.5) is 0 Å². The molecule has 1 aliphatic rings. The van der Waals surface area contributed by atoms with Crippen LogP contribution in [-0.2, 0) is 4.79 Å². The average Bonchev–Trinajstić information content (AvgIpc) is 2.76. The minimum absolute atomic E-state index is 0.124. The molecular weight excluding hydrogens is 289 g/mol. The van der Waals surface area contributed by atoms with Crippen molar-refractivity contribution in [2.24, 2.45) is 0 Å². The Balaban J connectivity index is 2.02. The normalized spacial score (nSPS) is 16.8. The van der Waals surface area contributed by atoms with E-state index in [4.69, 9.17) is 0 Å². The molecule has 1 aromatic carbocycles. The monoisotopic (exact) mass is 307 g/mol. The molecule has 2 nitrogen and oxygen atoms in total. The van der Waals surface area contributed by atoms with Crippen molar-refractivity contribution >= 4 is 25.3 Å². The third kappa shape index (κ3) is 3.34. The number of carbonyl (C=O) groups excluding carboxylic acids is 1. The number of hydrogen-bond acceptors (Lipinski definition) is 1. The van der Waals surface area contributed by atoms with Crippen molar-refractivity contribution in [2.75, 3.05) is 6.54 Å². The maximum atomic E-state index is 11.7. The van der Waals surface area contributed by atoms with Crippen LogP contribution in [-0.4, -0.2) is 32.3 Å². The van der Waals surface area contributed by atoms with Crippen LogP contribution in [0.15, 0.2) is 53.2 Å². The van der Waals surface area contributed by atoms with Crippen LogP contribution in [0.5, 0.6) is 0 Å². The summed E-state index contributed by atoms with van der Waals surface area (Å²) in [6.07, 6.45) is 5.77. The quantitative estimate of drug-likeness (QED) is 0.763. The molecular formula is C15H17NOSe. The van der Waals surface area contributed by atoms with E-state index in [-0.39, 0.29) is 20.9 Å². The van der Waals surface area contributed by atoms with E-state index in [9.17, 15) is 4.79 Å². The topological polar surface area (TPSA) is 20.3 Å². The van der Waals surface area contributed by atoms with Crippen LogP contribution in [0.25, 0.3) is 0 Å². The van der Waals surface area contributed by atoms with Gasteiger partial charge < -0.3 is 0 Å². The van der Waals surface area contributed by atoms with Gasteiger partial charge in [0.15, 0.2) is 0 Å². The molecule has 0 aliphatic carbocycles. The molecule has 18 heavy (non-hydrogen) atoms. The molecule has 3 heteroatoms. The fourth-order valence-corrected chi connectivity index (χ4v) is 3.38. The van der Waals surface area contributed by atoms with Gasteiger partial charge in [0.2, 0.25) is 0 Å². The van der Waals surface area contributed by atoms with E-state index in [2.05, 4.69) is 36.2 Å². The molecule has 0 fully saturated rings. The van der Waals surface area contributed by atoms with Crippen molar-refractivity contribution in [3.05, 3.63) is 53.2 Å². The van der Waals surface area contributed by atoms with E-state index in [1.165, 1.54) is 4.46 Å². The summed E-state index contributed by atoms with van der Waals surface area (Å²) in [7, 11) is 0. The second kappa shape index (κ2) is 6.58. The first-order valence-corrected chi connectivity index (χ1v) is 8.07. The Morgan fingerprint density at radius 1 is 1.22 bits per heavy atom. The van der Waals surface area contributed by atoms with Crippen LogP contribution in [0.3, 0.4) is 0 Å². The summed E-state index contributed by atoms with van der Waals surface area (Å²) in [6, 6.07) is 10.4. The van der Waals surface area contributed by atoms with Crippen LogP contribution < -0.4 is 4.46 Å². The van der Waals surface area contributed by atoms with Gasteiger partial charge in [-0.1, -0.05) is 0 Å². The fourth-order valence-electron chi connectivity index (χ4n) is 1.75. The number of unbranched alkanes of at least 4 members (excludes halogenated alkanes) is 1. The predicted molar refractivity (Wildman–Crippen MR) is 75.7 cm³/mol. The fraction of sp³-hybridized carbons (Fsp3) is 0.267. The van der Waals surface area contributed by atoms with Crippen molar-refractivity contribution in [2.45, 2.75) is 19.8 Å². The molecule has 0 spiro atoms. The van der Waals surface area contributed by atoms with Crippen LogP contribution in [0.2, 0.25) is 0 Å². The molecule has 0 unspecified atom stereocenters. The number of hydrogen-bond donors (Lipinski definition) is 0. The standard InChI is InChI=1S/C15H17NOSe/c1-2-3-11-16-13(9-10-15(16)17)12-18-14-7-5-4-6-8-14/h4-10,12H,2-3,11H2,1H3/b13-12-. The third-order valence-corrected chi connectivity index (χ3v) is 4.66. The summed E-state index contributed by atoms with van der Waals surface area (Å²) in [5.41, 5.74) is 1.07. The van der Waals surface area contributed by atoms with E-state index in [0.29, 0.717) is 0 Å². The van der Waals surface area contributed by atoms with Crippen molar-refractivity contribution in [1.29, 1.82) is 0 Å². The van der Waals surface area contributed by atoms with Crippen molar-refractivity contribution < 1.29 is 4.79 Å². The average molecular weight is 306 g/mol. The molecule has 1 heterocycles. The van der Waals surface area contributed by atoms with E-state index in [1.54, 1.807) is 6.08 Å². The molecule has 0 saturated heterocycles. The Kier molecular flexibility index (Phi) is 4.80. The number of carbonyl (C=O) groups is 1. The van der Waals surface area contributed by atoms with E-state index >= 15 is 0 Å². The van der Waals surface area contributed by atoms with Crippen LogP contribution in [0.1, 0.15) is 19.8 Å². The molecule has 0 bridgehead atoms. The molecule has 1 aromatic rings. The first-order valence-electron chi connectivity index (χ1n) is 6.22. The summed E-state index contributed by atoms with van der Waals surface area (Å²) in [5, 5.41) is 0. The second-order valence-electron chi connectivity index (χ2n) is 4.15. The number of allylic oxidation sites excluding steroid dienone is 1. The van der Waals surface area contributed by atoms with Gasteiger partial charge >= 0.3 is 114 Å². The summed E-state index contributed by atoms with van der Waals surface area (Å²) >= 11 is 0.288. The molecule has 0 saturated carbocycles. The second-order valence-corrected chi connectivity index (χ2v) is 6.13. The van der Waals surface area contributed by atoms with Gasteiger partial charge in [-0.3, -0.25) is 0 Å². The van der Waals surface area contributed by atoms with Gasteiger partial charge in [-0.2, -0.15) is 0 Å². The first kappa shape index (κ1) is 13.1. The molecule has 0 N–H and O–H groups in total. The molecule has 1 amide bonds. The number of nitrogens with zero attached hydrogens (tertiary/aromatic N) is 1. The number of amides is 1. The molecule has 2 rings (SSSR count). The van der Waals surface area contributed by atoms with Crippen LogP contribution >= 0.6 is 0 Å². The van der Waals surface area contributed by atoms with Gasteiger partial charge in [0.25, 0.3) is 0 Å². The van der Waals surface area contributed by atoms with Gasteiger partial charge in [0, 0.05) is 0 Å². The summed E-state index contributed by atoms with van der Waals surface area (Å²) in [6.45, 7) is 2.98. The zero-order chi connectivity index (χ0) is 12.8. The number of benzene rings is 1. The Morgan fingerprint density at radius 3 is 2.72 bits per heavy atom. The van der Waals surface area contributed by atoms with Crippen molar-refractivity contribution in [3.8, 4) is 0 Å². The summed E-state index contributed by atoms with van der Waals surface area (Å²) in [5.74, 6) is 0.124. The van der Waals surface area contributed by atoms with E-state index in [1.807, 2.05) is 17.0 Å². The molecule has 0 atom stereocenters. The summed E-state index contributed by atoms with van der Waals surface area (Å²) < 4.78 is 1.33. The maximum absolute atomic E-state index is 11.7. The zero-order valence-corrected chi connectivity index (χ0v) is 12.2. The summed E-state index contributed by atoms with van der Waals surface area (Å²) in [4.78, 5) is 15.8. The molecule has 0 aromatic heterocycles. The van der Waals surface area contributed by atoms with Gasteiger partial charge in [0.1, 0.15) is 0 Å². The van der Waals surface area contributed by atoms with Gasteiger partial charge in [-0.05, 0) is 0 Å². The third-order valence-electron chi connectivity index (χ3n) is 2.77. The van der Waals surface area contributed by atoms with Crippen molar-refractivity contribution in [3.63, 3.8) is 0 Å². The minimum atomic E-state index is 0.124. The van der Waals surface area contributed by atoms with Gasteiger partial charge in [-0.15, -0.1) is 0 Å². The number of rotatable bonds is 5.